The first-order valence-corrected chi connectivity index (χ1v) is 6.64. The molecule has 0 saturated carbocycles. The Morgan fingerprint density at radius 3 is 3.17 bits per heavy atom. The van der Waals surface area contributed by atoms with Crippen LogP contribution < -0.4 is 5.32 Å². The Labute approximate surface area is 109 Å². The maximum Gasteiger partial charge on any atom is 0.243 e. The molecule has 0 aliphatic rings. The third-order valence-corrected chi connectivity index (χ3v) is 3.42. The number of rotatable bonds is 4. The van der Waals surface area contributed by atoms with Crippen LogP contribution >= 0.6 is 11.3 Å². The van der Waals surface area contributed by atoms with Crippen LogP contribution in [0.25, 0.3) is 5.65 Å². The third kappa shape index (κ3) is 2.33. The van der Waals surface area contributed by atoms with E-state index in [4.69, 9.17) is 0 Å². The zero-order chi connectivity index (χ0) is 12.4. The number of aromatic nitrogens is 4. The molecule has 0 unspecified atom stereocenters. The second-order valence-corrected chi connectivity index (χ2v) is 5.03. The SMILES string of the molecule is Cc1ccc2nc(NCCc3nccs3)nn2c1. The zero-order valence-corrected chi connectivity index (χ0v) is 10.8. The Kier molecular flexibility index (Phi) is 2.93. The predicted octanol–water partition coefficient (Wildman–Crippen LogP) is 2.15. The van der Waals surface area contributed by atoms with Crippen LogP contribution in [0.2, 0.25) is 0 Å². The van der Waals surface area contributed by atoms with Crippen LogP contribution in [0.5, 0.6) is 0 Å². The molecule has 1 N–H and O–H groups in total. The van der Waals surface area contributed by atoms with Gasteiger partial charge in [0.15, 0.2) is 5.65 Å². The van der Waals surface area contributed by atoms with Gasteiger partial charge in [-0.2, -0.15) is 4.98 Å². The van der Waals surface area contributed by atoms with Crippen LogP contribution in [0.3, 0.4) is 0 Å². The summed E-state index contributed by atoms with van der Waals surface area (Å²) in [5, 5.41) is 10.7. The van der Waals surface area contributed by atoms with Crippen molar-refractivity contribution >= 4 is 22.9 Å². The van der Waals surface area contributed by atoms with Gasteiger partial charge in [-0.1, -0.05) is 6.07 Å². The van der Waals surface area contributed by atoms with E-state index in [1.807, 2.05) is 36.8 Å². The van der Waals surface area contributed by atoms with Crippen molar-refractivity contribution in [2.45, 2.75) is 13.3 Å². The van der Waals surface area contributed by atoms with Gasteiger partial charge >= 0.3 is 0 Å². The van der Waals surface area contributed by atoms with Crippen molar-refractivity contribution in [2.75, 3.05) is 11.9 Å². The van der Waals surface area contributed by atoms with Gasteiger partial charge in [0.2, 0.25) is 5.95 Å². The molecule has 3 heterocycles. The van der Waals surface area contributed by atoms with Crippen molar-refractivity contribution in [1.29, 1.82) is 0 Å². The molecule has 0 spiro atoms. The fourth-order valence-electron chi connectivity index (χ4n) is 1.72. The first-order valence-electron chi connectivity index (χ1n) is 5.76. The van der Waals surface area contributed by atoms with E-state index < -0.39 is 0 Å². The van der Waals surface area contributed by atoms with Gasteiger partial charge in [-0.3, -0.25) is 0 Å². The van der Waals surface area contributed by atoms with E-state index in [0.29, 0.717) is 5.95 Å². The first-order chi connectivity index (χ1) is 8.81. The number of nitrogens with zero attached hydrogens (tertiary/aromatic N) is 4. The lowest BCUT2D eigenvalue weighted by molar-refractivity contribution is 0.928. The summed E-state index contributed by atoms with van der Waals surface area (Å²) >= 11 is 1.67. The topological polar surface area (TPSA) is 55.1 Å². The summed E-state index contributed by atoms with van der Waals surface area (Å²) in [6, 6.07) is 4.00. The highest BCUT2D eigenvalue weighted by atomic mass is 32.1. The average molecular weight is 259 g/mol. The molecule has 6 heteroatoms. The van der Waals surface area contributed by atoms with Gasteiger partial charge in [0.1, 0.15) is 0 Å². The second-order valence-electron chi connectivity index (χ2n) is 4.05. The van der Waals surface area contributed by atoms with Crippen molar-refractivity contribution in [3.8, 4) is 0 Å². The van der Waals surface area contributed by atoms with Crippen molar-refractivity contribution in [3.63, 3.8) is 0 Å². The molecule has 5 nitrogen and oxygen atoms in total. The van der Waals surface area contributed by atoms with Crippen LogP contribution in [0.4, 0.5) is 5.95 Å². The van der Waals surface area contributed by atoms with Gasteiger partial charge in [0, 0.05) is 30.7 Å². The molecule has 0 saturated heterocycles. The van der Waals surface area contributed by atoms with Crippen LogP contribution in [-0.2, 0) is 6.42 Å². The molecule has 0 aliphatic carbocycles. The van der Waals surface area contributed by atoms with Gasteiger partial charge in [-0.15, -0.1) is 16.4 Å². The number of fused-ring (bicyclic) bond motifs is 1. The molecule has 0 aliphatic heterocycles. The summed E-state index contributed by atoms with van der Waals surface area (Å²) in [6.07, 6.45) is 4.69. The highest BCUT2D eigenvalue weighted by Gasteiger charge is 2.03. The number of thiazole rings is 1. The molecule has 18 heavy (non-hydrogen) atoms. The summed E-state index contributed by atoms with van der Waals surface area (Å²) < 4.78 is 1.79. The molecule has 3 aromatic heterocycles. The number of hydrogen-bond donors (Lipinski definition) is 1. The van der Waals surface area contributed by atoms with Crippen LogP contribution in [-0.4, -0.2) is 26.1 Å². The molecular weight excluding hydrogens is 246 g/mol. The molecule has 0 bridgehead atoms. The monoisotopic (exact) mass is 259 g/mol. The summed E-state index contributed by atoms with van der Waals surface area (Å²) in [5.74, 6) is 0.664. The number of anilines is 1. The van der Waals surface area contributed by atoms with E-state index in [1.54, 1.807) is 15.9 Å². The molecule has 0 amide bonds. The van der Waals surface area contributed by atoms with Crippen molar-refractivity contribution in [2.24, 2.45) is 0 Å². The molecule has 0 atom stereocenters. The minimum Gasteiger partial charge on any atom is -0.352 e. The summed E-state index contributed by atoms with van der Waals surface area (Å²) in [7, 11) is 0. The van der Waals surface area contributed by atoms with Gasteiger partial charge in [-0.25, -0.2) is 9.50 Å². The maximum atomic E-state index is 4.40. The smallest absolute Gasteiger partial charge is 0.243 e. The summed E-state index contributed by atoms with van der Waals surface area (Å²) in [5.41, 5.74) is 2.03. The molecule has 0 fully saturated rings. The lowest BCUT2D eigenvalue weighted by Gasteiger charge is -1.97. The zero-order valence-electron chi connectivity index (χ0n) is 10.00. The Hall–Kier alpha value is -1.95. The largest absolute Gasteiger partial charge is 0.352 e. The molecule has 3 aromatic rings. The number of hydrogen-bond acceptors (Lipinski definition) is 5. The normalized spacial score (nSPS) is 10.9. The summed E-state index contributed by atoms with van der Waals surface area (Å²) in [6.45, 7) is 2.83. The van der Waals surface area contributed by atoms with Crippen LogP contribution in [0.1, 0.15) is 10.6 Å². The maximum absolute atomic E-state index is 4.40. The predicted molar refractivity (Wildman–Crippen MR) is 72.0 cm³/mol. The van der Waals surface area contributed by atoms with Gasteiger partial charge < -0.3 is 5.32 Å². The standard InChI is InChI=1S/C12H13N5S/c1-9-2-3-10-15-12(16-17(10)8-9)14-5-4-11-13-6-7-18-11/h2-3,6-8H,4-5H2,1H3,(H,14,16). The van der Waals surface area contributed by atoms with E-state index in [9.17, 15) is 0 Å². The van der Waals surface area contributed by atoms with Crippen molar-refractivity contribution < 1.29 is 0 Å². The minimum atomic E-state index is 0.664. The Morgan fingerprint density at radius 2 is 2.33 bits per heavy atom. The number of pyridine rings is 1. The lowest BCUT2D eigenvalue weighted by atomic mass is 10.3. The average Bonchev–Trinajstić information content (AvgIpc) is 2.97. The fourth-order valence-corrected chi connectivity index (χ4v) is 2.34. The van der Waals surface area contributed by atoms with Gasteiger partial charge in [0.25, 0.3) is 0 Å². The summed E-state index contributed by atoms with van der Waals surface area (Å²) in [4.78, 5) is 8.63. The van der Waals surface area contributed by atoms with E-state index in [0.717, 1.165) is 23.6 Å². The van der Waals surface area contributed by atoms with Crippen molar-refractivity contribution in [3.05, 3.63) is 40.5 Å². The highest BCUT2D eigenvalue weighted by Crippen LogP contribution is 2.08. The molecule has 92 valence electrons. The van der Waals surface area contributed by atoms with Gasteiger partial charge in [0.05, 0.1) is 5.01 Å². The Bertz CT molecular complexity index is 644. The number of aryl methyl sites for hydroxylation is 1. The Balaban J connectivity index is 1.67. The van der Waals surface area contributed by atoms with E-state index >= 15 is 0 Å². The fraction of sp³-hybridized carbons (Fsp3) is 0.250. The van der Waals surface area contributed by atoms with Crippen molar-refractivity contribution in [1.82, 2.24) is 19.6 Å². The molecule has 0 aromatic carbocycles. The number of nitrogens with one attached hydrogen (secondary N) is 1. The van der Waals surface area contributed by atoms with E-state index in [1.165, 1.54) is 5.56 Å². The van der Waals surface area contributed by atoms with E-state index in [-0.39, 0.29) is 0 Å². The third-order valence-electron chi connectivity index (χ3n) is 2.58. The lowest BCUT2D eigenvalue weighted by Crippen LogP contribution is -2.06. The first kappa shape index (κ1) is 11.2. The molecular formula is C12H13N5S. The highest BCUT2D eigenvalue weighted by molar-refractivity contribution is 7.09. The van der Waals surface area contributed by atoms with E-state index in [2.05, 4.69) is 20.4 Å². The quantitative estimate of drug-likeness (QED) is 0.780. The second kappa shape index (κ2) is 4.73. The van der Waals surface area contributed by atoms with Crippen LogP contribution in [0, 0.1) is 6.92 Å². The Morgan fingerprint density at radius 1 is 1.39 bits per heavy atom. The van der Waals surface area contributed by atoms with Crippen LogP contribution in [0.15, 0.2) is 29.9 Å². The molecule has 3 rings (SSSR count). The van der Waals surface area contributed by atoms with Gasteiger partial charge in [-0.05, 0) is 18.6 Å². The minimum absolute atomic E-state index is 0.664. The molecule has 0 radical (unpaired) electrons.